The van der Waals surface area contributed by atoms with Gasteiger partial charge in [-0.25, -0.2) is 0 Å². The largest absolute Gasteiger partial charge is 0.388 e. The van der Waals surface area contributed by atoms with E-state index in [1.54, 1.807) is 0 Å². The molecule has 2 rings (SSSR count). The van der Waals surface area contributed by atoms with Crippen LogP contribution in [0.25, 0.3) is 0 Å². The highest BCUT2D eigenvalue weighted by atomic mass is 16.3. The van der Waals surface area contributed by atoms with Gasteiger partial charge in [-0.1, -0.05) is 18.2 Å². The van der Waals surface area contributed by atoms with Crippen LogP contribution in [-0.4, -0.2) is 16.7 Å². The Balaban J connectivity index is 2.05. The van der Waals surface area contributed by atoms with Crippen molar-refractivity contribution < 1.29 is 5.11 Å². The maximum Gasteiger partial charge on any atom is 0.0819 e. The second-order valence-corrected chi connectivity index (χ2v) is 4.31. The molecule has 2 N–H and O–H groups in total. The van der Waals surface area contributed by atoms with E-state index in [4.69, 9.17) is 0 Å². The molecule has 1 aromatic carbocycles. The summed E-state index contributed by atoms with van der Waals surface area (Å²) in [4.78, 5) is 0. The van der Waals surface area contributed by atoms with Crippen molar-refractivity contribution in [3.8, 4) is 0 Å². The van der Waals surface area contributed by atoms with Crippen LogP contribution in [0.1, 0.15) is 26.2 Å². The fraction of sp³-hybridized carbons (Fsp3) is 0.500. The predicted molar refractivity (Wildman–Crippen MR) is 58.3 cm³/mol. The first-order valence-electron chi connectivity index (χ1n) is 5.22. The van der Waals surface area contributed by atoms with Gasteiger partial charge in [-0.3, -0.25) is 0 Å². The van der Waals surface area contributed by atoms with Crippen LogP contribution in [0.2, 0.25) is 0 Å². The number of para-hydroxylation sites is 1. The van der Waals surface area contributed by atoms with Crippen LogP contribution in [-0.2, 0) is 0 Å². The molecule has 76 valence electrons. The van der Waals surface area contributed by atoms with Crippen molar-refractivity contribution in [3.63, 3.8) is 0 Å². The third-order valence-corrected chi connectivity index (χ3v) is 3.04. The molecule has 2 heteroatoms. The molecule has 14 heavy (non-hydrogen) atoms. The van der Waals surface area contributed by atoms with Gasteiger partial charge in [0.15, 0.2) is 0 Å². The molecule has 1 saturated carbocycles. The first-order valence-corrected chi connectivity index (χ1v) is 5.22. The maximum absolute atomic E-state index is 10.1. The van der Waals surface area contributed by atoms with Gasteiger partial charge < -0.3 is 10.4 Å². The van der Waals surface area contributed by atoms with Crippen LogP contribution in [0.15, 0.2) is 30.3 Å². The molecule has 0 aliphatic heterocycles. The summed E-state index contributed by atoms with van der Waals surface area (Å²) in [5.74, 6) is 0. The summed E-state index contributed by atoms with van der Waals surface area (Å²) in [5.41, 5.74) is 0.551. The van der Waals surface area contributed by atoms with Gasteiger partial charge in [0.05, 0.1) is 11.6 Å². The molecule has 1 aromatic rings. The highest BCUT2D eigenvalue weighted by Crippen LogP contribution is 2.31. The Morgan fingerprint density at radius 1 is 1.36 bits per heavy atom. The Bertz CT molecular complexity index is 294. The fourth-order valence-electron chi connectivity index (χ4n) is 2.11. The topological polar surface area (TPSA) is 32.3 Å². The van der Waals surface area contributed by atoms with Crippen LogP contribution >= 0.6 is 0 Å². The summed E-state index contributed by atoms with van der Waals surface area (Å²) in [6.45, 7) is 1.92. The Morgan fingerprint density at radius 3 is 2.64 bits per heavy atom. The van der Waals surface area contributed by atoms with E-state index in [-0.39, 0.29) is 6.04 Å². The minimum absolute atomic E-state index is 0.199. The van der Waals surface area contributed by atoms with Crippen molar-refractivity contribution in [3.05, 3.63) is 30.3 Å². The summed E-state index contributed by atoms with van der Waals surface area (Å²) in [7, 11) is 0. The number of hydrogen-bond donors (Lipinski definition) is 2. The van der Waals surface area contributed by atoms with Gasteiger partial charge in [0.25, 0.3) is 0 Å². The first-order chi connectivity index (χ1) is 6.68. The molecule has 0 heterocycles. The van der Waals surface area contributed by atoms with E-state index >= 15 is 0 Å². The summed E-state index contributed by atoms with van der Waals surface area (Å²) < 4.78 is 0. The van der Waals surface area contributed by atoms with Crippen molar-refractivity contribution in [1.29, 1.82) is 0 Å². The summed E-state index contributed by atoms with van der Waals surface area (Å²) in [6.07, 6.45) is 3.07. The number of anilines is 1. The Morgan fingerprint density at radius 2 is 2.07 bits per heavy atom. The number of nitrogens with one attached hydrogen (secondary N) is 1. The molecule has 0 saturated heterocycles. The number of hydrogen-bond acceptors (Lipinski definition) is 2. The second-order valence-electron chi connectivity index (χ2n) is 4.31. The van der Waals surface area contributed by atoms with Crippen molar-refractivity contribution in [2.45, 2.75) is 37.8 Å². The van der Waals surface area contributed by atoms with Gasteiger partial charge in [-0.05, 0) is 38.3 Å². The Kier molecular flexibility index (Phi) is 2.46. The summed E-state index contributed by atoms with van der Waals surface area (Å²) >= 11 is 0. The zero-order valence-corrected chi connectivity index (χ0v) is 8.53. The van der Waals surface area contributed by atoms with Crippen molar-refractivity contribution in [2.24, 2.45) is 0 Å². The maximum atomic E-state index is 10.1. The quantitative estimate of drug-likeness (QED) is 0.752. The van der Waals surface area contributed by atoms with Crippen LogP contribution < -0.4 is 5.32 Å². The Labute approximate surface area is 85.0 Å². The van der Waals surface area contributed by atoms with Gasteiger partial charge in [0.2, 0.25) is 0 Å². The minimum atomic E-state index is -0.546. The fourth-order valence-corrected chi connectivity index (χ4v) is 2.11. The first kappa shape index (κ1) is 9.53. The van der Waals surface area contributed by atoms with Gasteiger partial charge in [0.1, 0.15) is 0 Å². The lowest BCUT2D eigenvalue weighted by Gasteiger charge is -2.27. The van der Waals surface area contributed by atoms with E-state index in [0.717, 1.165) is 24.9 Å². The van der Waals surface area contributed by atoms with Gasteiger partial charge in [-0.2, -0.15) is 0 Å². The molecule has 1 aliphatic rings. The molecule has 0 radical (unpaired) electrons. The van der Waals surface area contributed by atoms with E-state index in [0.29, 0.717) is 0 Å². The molecule has 2 nitrogen and oxygen atoms in total. The van der Waals surface area contributed by atoms with Crippen LogP contribution in [0.3, 0.4) is 0 Å². The predicted octanol–water partition coefficient (Wildman–Crippen LogP) is 2.40. The highest BCUT2D eigenvalue weighted by molar-refractivity contribution is 5.44. The monoisotopic (exact) mass is 191 g/mol. The number of aliphatic hydroxyl groups is 1. The Hall–Kier alpha value is -1.02. The molecule has 2 unspecified atom stereocenters. The van der Waals surface area contributed by atoms with E-state index in [9.17, 15) is 5.11 Å². The molecular formula is C12H17NO. The standard InChI is InChI=1S/C12H17NO/c1-12(14)9-5-8-11(12)13-10-6-3-2-4-7-10/h2-4,6-7,11,13-14H,5,8-9H2,1H3. The molecule has 1 fully saturated rings. The van der Waals surface area contributed by atoms with Crippen LogP contribution in [0.5, 0.6) is 0 Å². The van der Waals surface area contributed by atoms with Crippen LogP contribution in [0.4, 0.5) is 5.69 Å². The van der Waals surface area contributed by atoms with Gasteiger partial charge in [0, 0.05) is 5.69 Å². The molecule has 1 aliphatic carbocycles. The number of rotatable bonds is 2. The SMILES string of the molecule is CC1(O)CCCC1Nc1ccccc1. The van der Waals surface area contributed by atoms with E-state index in [1.807, 2.05) is 37.3 Å². The number of benzene rings is 1. The van der Waals surface area contributed by atoms with E-state index in [1.165, 1.54) is 0 Å². The second kappa shape index (κ2) is 3.62. The van der Waals surface area contributed by atoms with Crippen LogP contribution in [0, 0.1) is 0 Å². The van der Waals surface area contributed by atoms with Crippen molar-refractivity contribution >= 4 is 5.69 Å². The molecule has 0 aromatic heterocycles. The molecule has 0 bridgehead atoms. The van der Waals surface area contributed by atoms with Gasteiger partial charge >= 0.3 is 0 Å². The molecule has 2 atom stereocenters. The zero-order chi connectivity index (χ0) is 10.0. The lowest BCUT2D eigenvalue weighted by Crippen LogP contribution is -2.39. The molecule has 0 amide bonds. The highest BCUT2D eigenvalue weighted by Gasteiger charge is 2.36. The lowest BCUT2D eigenvalue weighted by molar-refractivity contribution is 0.0578. The smallest absolute Gasteiger partial charge is 0.0819 e. The van der Waals surface area contributed by atoms with E-state index in [2.05, 4.69) is 5.32 Å². The molecular weight excluding hydrogens is 174 g/mol. The van der Waals surface area contributed by atoms with E-state index < -0.39 is 5.60 Å². The summed E-state index contributed by atoms with van der Waals surface area (Å²) in [6, 6.07) is 10.3. The third kappa shape index (κ3) is 1.90. The average molecular weight is 191 g/mol. The average Bonchev–Trinajstić information content (AvgIpc) is 2.48. The summed E-state index contributed by atoms with van der Waals surface area (Å²) in [5, 5.41) is 13.4. The zero-order valence-electron chi connectivity index (χ0n) is 8.53. The van der Waals surface area contributed by atoms with Crippen molar-refractivity contribution in [2.75, 3.05) is 5.32 Å². The lowest BCUT2D eigenvalue weighted by atomic mass is 10.0. The normalized spacial score (nSPS) is 31.7. The molecule has 0 spiro atoms. The third-order valence-electron chi connectivity index (χ3n) is 3.04. The minimum Gasteiger partial charge on any atom is -0.388 e. The van der Waals surface area contributed by atoms with Gasteiger partial charge in [-0.15, -0.1) is 0 Å². The van der Waals surface area contributed by atoms with Crippen molar-refractivity contribution in [1.82, 2.24) is 0 Å².